The van der Waals surface area contributed by atoms with Crippen LogP contribution in [0.5, 0.6) is 0 Å². The highest BCUT2D eigenvalue weighted by atomic mass is 32.2. The number of nitrogens with one attached hydrogen (secondary N) is 1. The van der Waals surface area contributed by atoms with E-state index in [1.165, 1.54) is 28.5 Å². The summed E-state index contributed by atoms with van der Waals surface area (Å²) >= 11 is 0. The van der Waals surface area contributed by atoms with Crippen LogP contribution in [0.3, 0.4) is 0 Å². The van der Waals surface area contributed by atoms with Crippen molar-refractivity contribution < 1.29 is 18.1 Å². The molecule has 0 bridgehead atoms. The molecule has 7 heteroatoms. The molecule has 138 valence electrons. The molecule has 0 saturated carbocycles. The summed E-state index contributed by atoms with van der Waals surface area (Å²) in [6, 6.07) is 8.48. The molecule has 0 aromatic heterocycles. The summed E-state index contributed by atoms with van der Waals surface area (Å²) in [6.45, 7) is 5.82. The third-order valence-corrected chi connectivity index (χ3v) is 7.32. The molecule has 1 amide bonds. The molecular formula is C18H28N3O3S+. The third-order valence-electron chi connectivity index (χ3n) is 5.41. The zero-order chi connectivity index (χ0) is 17.9. The second kappa shape index (κ2) is 7.85. The molecule has 0 radical (unpaired) electrons. The Bertz CT molecular complexity index is 679. The third kappa shape index (κ3) is 4.04. The first-order chi connectivity index (χ1) is 12.0. The van der Waals surface area contributed by atoms with Crippen LogP contribution in [0.2, 0.25) is 0 Å². The zero-order valence-corrected chi connectivity index (χ0v) is 15.7. The molecule has 1 atom stereocenters. The second-order valence-electron chi connectivity index (χ2n) is 6.98. The molecule has 25 heavy (non-hydrogen) atoms. The molecule has 6 nitrogen and oxygen atoms in total. The van der Waals surface area contributed by atoms with Crippen LogP contribution in [0.25, 0.3) is 0 Å². The maximum atomic E-state index is 12.8. The number of piperidine rings is 1. The lowest BCUT2D eigenvalue weighted by Crippen LogP contribution is -3.17. The first-order valence-corrected chi connectivity index (χ1v) is 10.6. The van der Waals surface area contributed by atoms with Crippen molar-refractivity contribution in [3.63, 3.8) is 0 Å². The van der Waals surface area contributed by atoms with Crippen LogP contribution in [-0.2, 0) is 14.8 Å². The molecule has 2 heterocycles. The van der Waals surface area contributed by atoms with E-state index in [9.17, 15) is 13.2 Å². The largest absolute Gasteiger partial charge is 0.335 e. The lowest BCUT2D eigenvalue weighted by atomic mass is 10.1. The van der Waals surface area contributed by atoms with Crippen molar-refractivity contribution in [1.82, 2.24) is 9.21 Å². The van der Waals surface area contributed by atoms with E-state index in [0.29, 0.717) is 31.1 Å². The first kappa shape index (κ1) is 18.4. The average Bonchev–Trinajstić information content (AvgIpc) is 2.68. The van der Waals surface area contributed by atoms with Gasteiger partial charge in [0, 0.05) is 26.2 Å². The van der Waals surface area contributed by atoms with E-state index in [2.05, 4.69) is 0 Å². The lowest BCUT2D eigenvalue weighted by molar-refractivity contribution is -0.919. The summed E-state index contributed by atoms with van der Waals surface area (Å²) in [7, 11) is -3.46. The van der Waals surface area contributed by atoms with E-state index >= 15 is 0 Å². The quantitative estimate of drug-likeness (QED) is 0.815. The summed E-state index contributed by atoms with van der Waals surface area (Å²) in [6.07, 6.45) is 3.65. The average molecular weight is 367 g/mol. The van der Waals surface area contributed by atoms with Crippen LogP contribution in [-0.4, -0.2) is 68.8 Å². The van der Waals surface area contributed by atoms with Crippen LogP contribution in [0.1, 0.15) is 26.2 Å². The molecule has 1 aromatic rings. The molecular weight excluding hydrogens is 338 g/mol. The van der Waals surface area contributed by atoms with Crippen molar-refractivity contribution in [2.75, 3.05) is 39.3 Å². The number of hydrogen-bond acceptors (Lipinski definition) is 3. The number of piperazine rings is 1. The zero-order valence-electron chi connectivity index (χ0n) is 14.9. The number of rotatable bonds is 4. The fourth-order valence-electron chi connectivity index (χ4n) is 3.78. The van der Waals surface area contributed by atoms with E-state index in [4.69, 9.17) is 0 Å². The molecule has 1 aromatic carbocycles. The Kier molecular flexibility index (Phi) is 5.76. The Morgan fingerprint density at radius 1 is 1.00 bits per heavy atom. The topological polar surface area (TPSA) is 62.1 Å². The lowest BCUT2D eigenvalue weighted by Gasteiger charge is -2.37. The molecule has 1 N–H and O–H groups in total. The van der Waals surface area contributed by atoms with E-state index in [-0.39, 0.29) is 11.9 Å². The van der Waals surface area contributed by atoms with E-state index < -0.39 is 10.0 Å². The molecule has 2 aliphatic rings. The van der Waals surface area contributed by atoms with Crippen LogP contribution >= 0.6 is 0 Å². The molecule has 2 fully saturated rings. The molecule has 2 aliphatic heterocycles. The van der Waals surface area contributed by atoms with Crippen LogP contribution in [0, 0.1) is 0 Å². The minimum atomic E-state index is -3.46. The highest BCUT2D eigenvalue weighted by Crippen LogP contribution is 2.17. The second-order valence-corrected chi connectivity index (χ2v) is 8.92. The van der Waals surface area contributed by atoms with Gasteiger partial charge in [0.2, 0.25) is 10.0 Å². The molecule has 2 saturated heterocycles. The standard InChI is InChI=1S/C18H27N3O3S/c1-16(19-10-6-3-7-11-19)18(22)20-12-14-21(15-13-20)25(23,24)17-8-4-2-5-9-17/h2,4-5,8-9,16H,3,6-7,10-15H2,1H3/p+1/t16-/m1/s1. The minimum Gasteiger partial charge on any atom is -0.335 e. The Balaban J connectivity index is 1.59. The maximum Gasteiger partial charge on any atom is 0.280 e. The Morgan fingerprint density at radius 2 is 1.60 bits per heavy atom. The summed E-state index contributed by atoms with van der Waals surface area (Å²) in [5.41, 5.74) is 0. The fourth-order valence-corrected chi connectivity index (χ4v) is 5.22. The van der Waals surface area contributed by atoms with Gasteiger partial charge in [-0.05, 0) is 38.3 Å². The number of benzene rings is 1. The molecule has 3 rings (SSSR count). The van der Waals surface area contributed by atoms with Gasteiger partial charge in [0.15, 0.2) is 6.04 Å². The number of quaternary nitrogens is 1. The minimum absolute atomic E-state index is 0.0300. The number of hydrogen-bond donors (Lipinski definition) is 1. The fraction of sp³-hybridized carbons (Fsp3) is 0.611. The Hall–Kier alpha value is -1.44. The number of amides is 1. The van der Waals surface area contributed by atoms with Crippen molar-refractivity contribution in [2.45, 2.75) is 37.1 Å². The van der Waals surface area contributed by atoms with Crippen molar-refractivity contribution in [3.05, 3.63) is 30.3 Å². The van der Waals surface area contributed by atoms with Gasteiger partial charge in [0.05, 0.1) is 18.0 Å². The number of carbonyl (C=O) groups is 1. The number of likely N-dealkylation sites (tertiary alicyclic amines) is 1. The monoisotopic (exact) mass is 366 g/mol. The van der Waals surface area contributed by atoms with Gasteiger partial charge in [-0.3, -0.25) is 4.79 Å². The van der Waals surface area contributed by atoms with Crippen LogP contribution in [0.4, 0.5) is 0 Å². The SMILES string of the molecule is C[C@H](C(=O)N1CCN(S(=O)(=O)c2ccccc2)CC1)[NH+]1CCCCC1. The molecule has 0 unspecified atom stereocenters. The summed E-state index contributed by atoms with van der Waals surface area (Å²) in [5.74, 6) is 0.161. The number of nitrogens with zero attached hydrogens (tertiary/aromatic N) is 2. The number of carbonyl (C=O) groups excluding carboxylic acids is 1. The van der Waals surface area contributed by atoms with Crippen molar-refractivity contribution in [3.8, 4) is 0 Å². The smallest absolute Gasteiger partial charge is 0.280 e. The van der Waals surface area contributed by atoms with Gasteiger partial charge in [0.25, 0.3) is 5.91 Å². The van der Waals surface area contributed by atoms with Gasteiger partial charge >= 0.3 is 0 Å². The van der Waals surface area contributed by atoms with Gasteiger partial charge in [-0.15, -0.1) is 0 Å². The van der Waals surface area contributed by atoms with E-state index in [0.717, 1.165) is 13.1 Å². The van der Waals surface area contributed by atoms with Crippen molar-refractivity contribution in [1.29, 1.82) is 0 Å². The maximum absolute atomic E-state index is 12.8. The van der Waals surface area contributed by atoms with Crippen LogP contribution in [0.15, 0.2) is 35.2 Å². The van der Waals surface area contributed by atoms with Crippen LogP contribution < -0.4 is 4.90 Å². The number of sulfonamides is 1. The first-order valence-electron chi connectivity index (χ1n) is 9.19. The van der Waals surface area contributed by atoms with Gasteiger partial charge < -0.3 is 9.80 Å². The summed E-state index contributed by atoms with van der Waals surface area (Å²) < 4.78 is 26.8. The predicted molar refractivity (Wildman–Crippen MR) is 95.8 cm³/mol. The Labute approximate surface area is 150 Å². The molecule has 0 spiro atoms. The summed E-state index contributed by atoms with van der Waals surface area (Å²) in [5, 5.41) is 0. The van der Waals surface area contributed by atoms with Crippen molar-refractivity contribution in [2.24, 2.45) is 0 Å². The normalized spacial score (nSPS) is 21.9. The van der Waals surface area contributed by atoms with E-state index in [1.54, 1.807) is 30.3 Å². The predicted octanol–water partition coefficient (Wildman–Crippen LogP) is -0.0232. The molecule has 0 aliphatic carbocycles. The van der Waals surface area contributed by atoms with Crippen molar-refractivity contribution >= 4 is 15.9 Å². The van der Waals surface area contributed by atoms with Gasteiger partial charge in [-0.2, -0.15) is 4.31 Å². The highest BCUT2D eigenvalue weighted by Gasteiger charge is 2.34. The van der Waals surface area contributed by atoms with Gasteiger partial charge in [-0.25, -0.2) is 8.42 Å². The summed E-state index contributed by atoms with van der Waals surface area (Å²) in [4.78, 5) is 16.3. The van der Waals surface area contributed by atoms with Gasteiger partial charge in [0.1, 0.15) is 0 Å². The Morgan fingerprint density at radius 3 is 2.20 bits per heavy atom. The van der Waals surface area contributed by atoms with E-state index in [1.807, 2.05) is 11.8 Å². The van der Waals surface area contributed by atoms with Gasteiger partial charge in [-0.1, -0.05) is 18.2 Å². The highest BCUT2D eigenvalue weighted by molar-refractivity contribution is 7.89.